The van der Waals surface area contributed by atoms with Crippen molar-refractivity contribution in [2.75, 3.05) is 67.6 Å². The molecule has 1 amide bonds. The van der Waals surface area contributed by atoms with Crippen molar-refractivity contribution in [2.24, 2.45) is 0 Å². The molecule has 1 fully saturated rings. The van der Waals surface area contributed by atoms with Crippen molar-refractivity contribution < 1.29 is 83.6 Å². The van der Waals surface area contributed by atoms with Crippen molar-refractivity contribution in [3.8, 4) is 0 Å². The standard InChI is InChI=1S/C19H37NO7.C8H16O5.C8H18O5.C2H6/c1-6-15(27-19(13-21,14-22)25-5)12-26-17(24)11-9-7-8-10-16(23)20-18(2,3)4;1-3-5-6(10)7(11)8(4-9,12-2)13-5;1-3-7(4-9)13-8(5-10,6-11)12-2;1-2/h15,21-22H,6-14H2,1-5H3,(H,20,23);5-7,9-11H,3-4H2,1-2H3;7,9-11H,3-6H2,1-2H3;1-2H3/t15-;5-,6-,7-,8-;7-;/m111./s1. The number of rotatable bonds is 24. The van der Waals surface area contributed by atoms with E-state index in [0.717, 1.165) is 12.8 Å². The molecule has 55 heavy (non-hydrogen) atoms. The molecule has 0 radical (unpaired) electrons. The lowest BCUT2D eigenvalue weighted by molar-refractivity contribution is -0.282. The number of methoxy groups -OCH3 is 3. The topological polar surface area (TPSA) is 273 Å². The van der Waals surface area contributed by atoms with Gasteiger partial charge in [-0.1, -0.05) is 41.0 Å². The van der Waals surface area contributed by atoms with Gasteiger partial charge >= 0.3 is 5.97 Å². The van der Waals surface area contributed by atoms with Crippen LogP contribution in [0.5, 0.6) is 0 Å². The molecule has 0 saturated carbocycles. The predicted molar refractivity (Wildman–Crippen MR) is 203 cm³/mol. The first-order valence-corrected chi connectivity index (χ1v) is 19.1. The number of esters is 1. The summed E-state index contributed by atoms with van der Waals surface area (Å²) in [4.78, 5) is 23.5. The van der Waals surface area contributed by atoms with Crippen LogP contribution in [0.3, 0.4) is 0 Å². The van der Waals surface area contributed by atoms with E-state index in [1.165, 1.54) is 21.3 Å². The van der Waals surface area contributed by atoms with Crippen molar-refractivity contribution >= 4 is 11.9 Å². The summed E-state index contributed by atoms with van der Waals surface area (Å²) in [5, 5.41) is 76.3. The maximum Gasteiger partial charge on any atom is 0.305 e. The normalized spacial score (nSPS) is 20.8. The first-order valence-electron chi connectivity index (χ1n) is 19.1. The average molecular weight is 808 g/mol. The molecule has 9 N–H and O–H groups in total. The van der Waals surface area contributed by atoms with E-state index in [4.69, 9.17) is 53.6 Å². The number of nitrogens with one attached hydrogen (secondary N) is 1. The van der Waals surface area contributed by atoms with Gasteiger partial charge < -0.3 is 79.3 Å². The summed E-state index contributed by atoms with van der Waals surface area (Å²) >= 11 is 0. The van der Waals surface area contributed by atoms with Gasteiger partial charge in [0.05, 0.1) is 51.3 Å². The van der Waals surface area contributed by atoms with E-state index in [0.29, 0.717) is 32.1 Å². The third-order valence-corrected chi connectivity index (χ3v) is 8.29. The summed E-state index contributed by atoms with van der Waals surface area (Å²) in [5.41, 5.74) is -0.231. The molecule has 0 aromatic rings. The third-order valence-electron chi connectivity index (χ3n) is 8.29. The van der Waals surface area contributed by atoms with Crippen LogP contribution in [0.15, 0.2) is 0 Å². The number of aliphatic hydroxyl groups excluding tert-OH is 8. The van der Waals surface area contributed by atoms with Crippen LogP contribution in [0, 0.1) is 0 Å². The minimum absolute atomic E-state index is 0.0161. The maximum absolute atomic E-state index is 11.8. The molecular formula is C37H77NO17. The second kappa shape index (κ2) is 31.4. The Labute approximate surface area is 328 Å². The van der Waals surface area contributed by atoms with Gasteiger partial charge in [0, 0.05) is 39.7 Å². The smallest absolute Gasteiger partial charge is 0.305 e. The fourth-order valence-corrected chi connectivity index (χ4v) is 4.71. The van der Waals surface area contributed by atoms with E-state index in [9.17, 15) is 30.0 Å². The molecule has 18 nitrogen and oxygen atoms in total. The lowest BCUT2D eigenvalue weighted by Crippen LogP contribution is -2.47. The lowest BCUT2D eigenvalue weighted by atomic mass is 10.0. The first kappa shape index (κ1) is 57.7. The summed E-state index contributed by atoms with van der Waals surface area (Å²) in [6.07, 6.45) is 0.911. The van der Waals surface area contributed by atoms with Crippen LogP contribution >= 0.6 is 0 Å². The average Bonchev–Trinajstić information content (AvgIpc) is 3.45. The van der Waals surface area contributed by atoms with Crippen LogP contribution in [0.25, 0.3) is 0 Å². The van der Waals surface area contributed by atoms with Crippen LogP contribution in [0.1, 0.15) is 107 Å². The zero-order valence-corrected chi connectivity index (χ0v) is 35.2. The van der Waals surface area contributed by atoms with E-state index in [2.05, 4.69) is 5.32 Å². The number of aliphatic hydroxyl groups is 8. The van der Waals surface area contributed by atoms with E-state index in [1.54, 1.807) is 0 Å². The molecule has 0 aliphatic carbocycles. The number of carbonyl (C=O) groups is 2. The zero-order chi connectivity index (χ0) is 43.3. The van der Waals surface area contributed by atoms with E-state index >= 15 is 0 Å². The van der Waals surface area contributed by atoms with Gasteiger partial charge in [-0.3, -0.25) is 9.59 Å². The monoisotopic (exact) mass is 808 g/mol. The molecular weight excluding hydrogens is 730 g/mol. The van der Waals surface area contributed by atoms with Gasteiger partial charge in [-0.2, -0.15) is 0 Å². The Morgan fingerprint density at radius 3 is 1.56 bits per heavy atom. The van der Waals surface area contributed by atoms with E-state index < -0.39 is 80.9 Å². The molecule has 1 aliphatic heterocycles. The summed E-state index contributed by atoms with van der Waals surface area (Å²) in [7, 11) is 3.98. The van der Waals surface area contributed by atoms with Crippen LogP contribution < -0.4 is 5.32 Å². The Balaban J connectivity index is -0.000000802. The fraction of sp³-hybridized carbons (Fsp3) is 0.946. The third kappa shape index (κ3) is 22.2. The van der Waals surface area contributed by atoms with Gasteiger partial charge in [0.25, 0.3) is 0 Å². The van der Waals surface area contributed by atoms with Gasteiger partial charge in [-0.15, -0.1) is 0 Å². The van der Waals surface area contributed by atoms with Crippen molar-refractivity contribution in [1.29, 1.82) is 0 Å². The Kier molecular flexibility index (Phi) is 32.9. The van der Waals surface area contributed by atoms with Gasteiger partial charge in [0.15, 0.2) is 0 Å². The largest absolute Gasteiger partial charge is 0.463 e. The molecule has 1 heterocycles. The second-order valence-electron chi connectivity index (χ2n) is 13.6. The number of ether oxygens (including phenoxy) is 7. The van der Waals surface area contributed by atoms with Gasteiger partial charge in [-0.25, -0.2) is 0 Å². The van der Waals surface area contributed by atoms with Crippen molar-refractivity contribution in [3.63, 3.8) is 0 Å². The maximum atomic E-state index is 11.8. The van der Waals surface area contributed by atoms with Gasteiger partial charge in [0.2, 0.25) is 23.3 Å². The zero-order valence-electron chi connectivity index (χ0n) is 35.2. The predicted octanol–water partition coefficient (Wildman–Crippen LogP) is 0.497. The number of hydrogen-bond donors (Lipinski definition) is 9. The second-order valence-corrected chi connectivity index (χ2v) is 13.6. The minimum atomic E-state index is -1.50. The minimum Gasteiger partial charge on any atom is -0.463 e. The van der Waals surface area contributed by atoms with Crippen molar-refractivity contribution in [2.45, 2.75) is 160 Å². The highest BCUT2D eigenvalue weighted by molar-refractivity contribution is 5.76. The van der Waals surface area contributed by atoms with Gasteiger partial charge in [-0.05, 0) is 52.9 Å². The summed E-state index contributed by atoms with van der Waals surface area (Å²) in [6.45, 7) is 12.8. The molecule has 18 heteroatoms. The molecule has 0 unspecified atom stereocenters. The Morgan fingerprint density at radius 2 is 1.24 bits per heavy atom. The molecule has 1 aliphatic rings. The van der Waals surface area contributed by atoms with E-state index in [-0.39, 0.29) is 37.0 Å². The Hall–Kier alpha value is -1.62. The molecule has 0 spiro atoms. The van der Waals surface area contributed by atoms with Crippen LogP contribution in [-0.4, -0.2) is 174 Å². The summed E-state index contributed by atoms with van der Waals surface area (Å²) in [5.74, 6) is -4.68. The quantitative estimate of drug-likeness (QED) is 0.0365. The molecule has 0 aromatic heterocycles. The summed E-state index contributed by atoms with van der Waals surface area (Å²) in [6, 6.07) is 0. The summed E-state index contributed by atoms with van der Waals surface area (Å²) < 4.78 is 36.0. The Morgan fingerprint density at radius 1 is 0.764 bits per heavy atom. The SMILES string of the molecule is CC.CC[C@H](CO)OC(CO)(CO)OC.CC[C@H](COC(=O)CCCCCC(=O)NC(C)(C)C)OC(CO)(CO)OC.CC[C@H]1O[C@@](CO)(OC)[C@H](O)[C@@H]1O. The Bertz CT molecular complexity index is 919. The van der Waals surface area contributed by atoms with Crippen molar-refractivity contribution in [1.82, 2.24) is 5.32 Å². The van der Waals surface area contributed by atoms with Crippen LogP contribution in [0.2, 0.25) is 0 Å². The number of unbranched alkanes of at least 4 members (excludes halogenated alkanes) is 2. The molecule has 1 rings (SSSR count). The van der Waals surface area contributed by atoms with Crippen molar-refractivity contribution in [3.05, 3.63) is 0 Å². The molecule has 332 valence electrons. The highest BCUT2D eigenvalue weighted by Crippen LogP contribution is 2.33. The van der Waals surface area contributed by atoms with Crippen LogP contribution in [-0.2, 0) is 42.7 Å². The molecule has 0 bridgehead atoms. The number of hydrogen-bond acceptors (Lipinski definition) is 17. The molecule has 1 saturated heterocycles. The fourth-order valence-electron chi connectivity index (χ4n) is 4.71. The highest BCUT2D eigenvalue weighted by Gasteiger charge is 2.53. The highest BCUT2D eigenvalue weighted by atomic mass is 16.7. The first-order chi connectivity index (χ1) is 25.9. The van der Waals surface area contributed by atoms with Gasteiger partial charge in [0.1, 0.15) is 25.4 Å². The number of carbonyl (C=O) groups excluding carboxylic acids is 2. The van der Waals surface area contributed by atoms with Crippen LogP contribution in [0.4, 0.5) is 0 Å². The molecule has 6 atom stereocenters. The van der Waals surface area contributed by atoms with E-state index in [1.807, 2.05) is 55.4 Å². The number of amides is 1. The lowest BCUT2D eigenvalue weighted by Gasteiger charge is -2.32. The molecule has 0 aromatic carbocycles.